The van der Waals surface area contributed by atoms with Crippen LogP contribution in [0.1, 0.15) is 79.0 Å². The van der Waals surface area contributed by atoms with E-state index in [0.29, 0.717) is 18.8 Å². The van der Waals surface area contributed by atoms with Crippen LogP contribution in [-0.4, -0.2) is 42.3 Å². The zero-order valence-corrected chi connectivity index (χ0v) is 27.2. The highest BCUT2D eigenvalue weighted by atomic mass is 32.1. The molecule has 5 aromatic rings. The topological polar surface area (TPSA) is 102 Å². The molecule has 0 saturated heterocycles. The third-order valence-corrected chi connectivity index (χ3v) is 10.1. The third-order valence-electron chi connectivity index (χ3n) is 8.71. The molecule has 0 radical (unpaired) electrons. The van der Waals surface area contributed by atoms with Crippen molar-refractivity contribution in [3.63, 3.8) is 0 Å². The summed E-state index contributed by atoms with van der Waals surface area (Å²) < 4.78 is 1.85. The normalized spacial score (nSPS) is 15.5. The summed E-state index contributed by atoms with van der Waals surface area (Å²) in [5.74, 6) is 1.38. The summed E-state index contributed by atoms with van der Waals surface area (Å²) in [6.45, 7) is 13.3. The average Bonchev–Trinajstić information content (AvgIpc) is 3.72. The van der Waals surface area contributed by atoms with Gasteiger partial charge in [-0.1, -0.05) is 61.9 Å². The Kier molecular flexibility index (Phi) is 7.85. The second-order valence-electron chi connectivity index (χ2n) is 12.4. The summed E-state index contributed by atoms with van der Waals surface area (Å²) in [7, 11) is 1.73. The number of hydrogen-bond acceptors (Lipinski definition) is 8. The van der Waals surface area contributed by atoms with E-state index in [1.54, 1.807) is 18.4 Å². The predicted octanol–water partition coefficient (Wildman–Crippen LogP) is 6.40. The molecule has 3 aromatic heterocycles. The lowest BCUT2D eigenvalue weighted by molar-refractivity contribution is -0.241. The highest BCUT2D eigenvalue weighted by Crippen LogP contribution is 2.52. The minimum atomic E-state index is -0.269. The molecule has 0 fully saturated rings. The Morgan fingerprint density at radius 2 is 1.73 bits per heavy atom. The average molecular weight is 610 g/mol. The number of H-pyrrole nitrogens is 1. The van der Waals surface area contributed by atoms with E-state index in [2.05, 4.69) is 96.7 Å². The van der Waals surface area contributed by atoms with Crippen molar-refractivity contribution < 1.29 is 4.84 Å². The minimum Gasteiger partial charge on any atom is -0.301 e. The van der Waals surface area contributed by atoms with E-state index >= 15 is 0 Å². The standard InChI is InChI=1S/C34H39N7O2S/c1-8-11-29-27(18-22-14-16-23(17-15-22)25-12-9-10-13-26(25)31-36-38-39-37-31)32(42)40(21(2)35-29)20-24-19-28-30(44-24)34(5,6)41(43-7)33(28,3)4/h9-10,12-17,19H,8,11,18,20H2,1-7H3,(H,36,37,38,39). The summed E-state index contributed by atoms with van der Waals surface area (Å²) in [5.41, 5.74) is 6.52. The summed E-state index contributed by atoms with van der Waals surface area (Å²) in [6.07, 6.45) is 2.22. The van der Waals surface area contributed by atoms with Gasteiger partial charge in [0.2, 0.25) is 0 Å². The van der Waals surface area contributed by atoms with Crippen LogP contribution in [0.5, 0.6) is 0 Å². The Morgan fingerprint density at radius 3 is 2.36 bits per heavy atom. The second-order valence-corrected chi connectivity index (χ2v) is 13.6. The molecule has 1 N–H and O–H groups in total. The Bertz CT molecular complexity index is 1820. The molecular weight excluding hydrogens is 570 g/mol. The fraction of sp³-hybridized carbons (Fsp3) is 0.382. The molecule has 0 unspecified atom stereocenters. The first-order valence-corrected chi connectivity index (χ1v) is 15.9. The first-order chi connectivity index (χ1) is 21.1. The molecule has 0 aliphatic carbocycles. The summed E-state index contributed by atoms with van der Waals surface area (Å²) in [5, 5.41) is 16.5. The second kappa shape index (κ2) is 11.5. The lowest BCUT2D eigenvalue weighted by Gasteiger charge is -2.38. The van der Waals surface area contributed by atoms with Gasteiger partial charge in [0.15, 0.2) is 5.82 Å². The number of nitrogens with one attached hydrogen (secondary N) is 1. The highest BCUT2D eigenvalue weighted by molar-refractivity contribution is 7.12. The molecule has 10 heteroatoms. The Balaban J connectivity index is 1.32. The number of hydroxylamine groups is 2. The molecule has 1 aliphatic heterocycles. The monoisotopic (exact) mass is 609 g/mol. The maximum absolute atomic E-state index is 14.2. The van der Waals surface area contributed by atoms with Gasteiger partial charge in [-0.25, -0.2) is 10.1 Å². The van der Waals surface area contributed by atoms with Crippen molar-refractivity contribution in [2.24, 2.45) is 0 Å². The smallest absolute Gasteiger partial charge is 0.257 e. The van der Waals surface area contributed by atoms with Gasteiger partial charge in [-0.3, -0.25) is 9.36 Å². The van der Waals surface area contributed by atoms with Gasteiger partial charge in [0.05, 0.1) is 30.4 Å². The number of hydrogen-bond donors (Lipinski definition) is 1. The lowest BCUT2D eigenvalue weighted by Crippen LogP contribution is -2.44. The molecule has 0 atom stereocenters. The zero-order chi connectivity index (χ0) is 31.2. The van der Waals surface area contributed by atoms with Crippen LogP contribution >= 0.6 is 11.3 Å². The van der Waals surface area contributed by atoms with Gasteiger partial charge >= 0.3 is 0 Å². The first-order valence-electron chi connectivity index (χ1n) is 15.1. The zero-order valence-electron chi connectivity index (χ0n) is 26.4. The number of thiophene rings is 1. The summed E-state index contributed by atoms with van der Waals surface area (Å²) in [4.78, 5) is 27.4. The lowest BCUT2D eigenvalue weighted by atomic mass is 9.96. The van der Waals surface area contributed by atoms with Gasteiger partial charge in [0.1, 0.15) is 5.82 Å². The first kappa shape index (κ1) is 30.1. The van der Waals surface area contributed by atoms with E-state index in [1.807, 2.05) is 29.7 Å². The van der Waals surface area contributed by atoms with Crippen LogP contribution in [0, 0.1) is 6.92 Å². The van der Waals surface area contributed by atoms with E-state index < -0.39 is 0 Å². The van der Waals surface area contributed by atoms with E-state index in [4.69, 9.17) is 9.82 Å². The molecule has 9 nitrogen and oxygen atoms in total. The van der Waals surface area contributed by atoms with Gasteiger partial charge in [-0.2, -0.15) is 5.06 Å². The molecule has 2 aromatic carbocycles. The van der Waals surface area contributed by atoms with Gasteiger partial charge in [0.25, 0.3) is 5.56 Å². The van der Waals surface area contributed by atoms with Crippen LogP contribution in [-0.2, 0) is 35.3 Å². The SMILES string of the molecule is CCCc1nc(C)n(Cc2cc3c(s2)C(C)(C)N(OC)C3(C)C)c(=O)c1Cc1ccc(-c2ccccc2-c2nnn[nH]2)cc1. The number of aromatic nitrogens is 6. The van der Waals surface area contributed by atoms with Crippen molar-refractivity contribution >= 4 is 11.3 Å². The number of nitrogens with zero attached hydrogens (tertiary/aromatic N) is 6. The van der Waals surface area contributed by atoms with Crippen LogP contribution in [0.25, 0.3) is 22.5 Å². The van der Waals surface area contributed by atoms with Crippen LogP contribution in [0.15, 0.2) is 59.4 Å². The molecule has 0 amide bonds. The van der Waals surface area contributed by atoms with E-state index in [0.717, 1.165) is 57.1 Å². The van der Waals surface area contributed by atoms with Gasteiger partial charge < -0.3 is 4.84 Å². The Morgan fingerprint density at radius 1 is 1.00 bits per heavy atom. The van der Waals surface area contributed by atoms with Crippen molar-refractivity contribution in [3.05, 3.63) is 103 Å². The number of aromatic amines is 1. The predicted molar refractivity (Wildman–Crippen MR) is 173 cm³/mol. The highest BCUT2D eigenvalue weighted by Gasteiger charge is 2.51. The Labute approximate surface area is 261 Å². The molecule has 0 bridgehead atoms. The van der Waals surface area contributed by atoms with Crippen molar-refractivity contribution in [1.82, 2.24) is 35.2 Å². The van der Waals surface area contributed by atoms with Gasteiger partial charge in [-0.05, 0) is 79.8 Å². The third kappa shape index (κ3) is 5.10. The molecule has 4 heterocycles. The van der Waals surface area contributed by atoms with Gasteiger partial charge in [-0.15, -0.1) is 16.4 Å². The molecule has 6 rings (SSSR count). The Hall–Kier alpha value is -3.99. The molecule has 1 aliphatic rings. The van der Waals surface area contributed by atoms with Crippen molar-refractivity contribution in [3.8, 4) is 22.5 Å². The molecule has 44 heavy (non-hydrogen) atoms. The van der Waals surface area contributed by atoms with Crippen molar-refractivity contribution in [2.45, 2.75) is 78.4 Å². The summed E-state index contributed by atoms with van der Waals surface area (Å²) >= 11 is 1.76. The maximum atomic E-state index is 14.2. The quantitative estimate of drug-likeness (QED) is 0.206. The number of fused-ring (bicyclic) bond motifs is 1. The van der Waals surface area contributed by atoms with Crippen LogP contribution in [0.2, 0.25) is 0 Å². The van der Waals surface area contributed by atoms with Crippen LogP contribution < -0.4 is 5.56 Å². The van der Waals surface area contributed by atoms with Crippen LogP contribution in [0.4, 0.5) is 0 Å². The number of tetrazole rings is 1. The molecule has 228 valence electrons. The van der Waals surface area contributed by atoms with E-state index in [-0.39, 0.29) is 16.6 Å². The van der Waals surface area contributed by atoms with Gasteiger partial charge in [0, 0.05) is 27.3 Å². The van der Waals surface area contributed by atoms with Crippen molar-refractivity contribution in [2.75, 3.05) is 7.11 Å². The maximum Gasteiger partial charge on any atom is 0.257 e. The fourth-order valence-corrected chi connectivity index (χ4v) is 8.11. The minimum absolute atomic E-state index is 0.0405. The summed E-state index contributed by atoms with van der Waals surface area (Å²) in [6, 6.07) is 18.7. The van der Waals surface area contributed by atoms with E-state index in [1.165, 1.54) is 10.4 Å². The molecular formula is C34H39N7O2S. The molecule has 0 spiro atoms. The number of benzene rings is 2. The number of aryl methyl sites for hydroxylation is 2. The van der Waals surface area contributed by atoms with E-state index in [9.17, 15) is 4.79 Å². The van der Waals surface area contributed by atoms with Crippen molar-refractivity contribution in [1.29, 1.82) is 0 Å². The largest absolute Gasteiger partial charge is 0.301 e. The fourth-order valence-electron chi connectivity index (χ4n) is 6.73. The number of rotatable bonds is 9. The molecule has 0 saturated carbocycles. The van der Waals surface area contributed by atoms with Crippen LogP contribution in [0.3, 0.4) is 0 Å².